The maximum Gasteiger partial charge on any atom is 0.306 e. The molecule has 5 rings (SSSR count). The van der Waals surface area contributed by atoms with Crippen LogP contribution in [0.2, 0.25) is 0 Å². The number of furan rings is 1. The molecule has 4 aliphatic carbocycles. The highest BCUT2D eigenvalue weighted by Gasteiger charge is 2.59. The molecule has 1 aromatic rings. The predicted molar refractivity (Wildman–Crippen MR) is 206 cm³/mol. The second kappa shape index (κ2) is 17.8. The van der Waals surface area contributed by atoms with Crippen molar-refractivity contribution in [3.05, 3.63) is 34.8 Å². The quantitative estimate of drug-likeness (QED) is 0.0831. The maximum atomic E-state index is 12.9. The van der Waals surface area contributed by atoms with E-state index in [1.54, 1.807) is 5.57 Å². The van der Waals surface area contributed by atoms with Gasteiger partial charge in [0.05, 0.1) is 0 Å². The lowest BCUT2D eigenvalue weighted by Crippen LogP contribution is -2.51. The molecule has 3 saturated carbocycles. The SMILES string of the molecule is CCCc1cc(C)c(CCCCCCCCCCC(=O)OC2CCC3(C)C(=CCC4C3CCC3(C)C(C(C)CCCC(C)C)CCC43)C2)o1. The molecule has 8 atom stereocenters. The highest BCUT2D eigenvalue weighted by atomic mass is 16.5. The molecule has 3 fully saturated rings. The van der Waals surface area contributed by atoms with Gasteiger partial charge in [0.15, 0.2) is 0 Å². The molecule has 0 radical (unpaired) electrons. The van der Waals surface area contributed by atoms with Crippen LogP contribution >= 0.6 is 0 Å². The van der Waals surface area contributed by atoms with Crippen LogP contribution in [0, 0.1) is 53.3 Å². The summed E-state index contributed by atoms with van der Waals surface area (Å²) in [4.78, 5) is 12.9. The summed E-state index contributed by atoms with van der Waals surface area (Å²) in [5, 5.41) is 0. The van der Waals surface area contributed by atoms with Gasteiger partial charge in [-0.15, -0.1) is 0 Å². The molecular formula is C46H76O3. The molecule has 1 aromatic heterocycles. The summed E-state index contributed by atoms with van der Waals surface area (Å²) < 4.78 is 12.2. The van der Waals surface area contributed by atoms with Crippen LogP contribution in [0.25, 0.3) is 0 Å². The molecule has 3 heteroatoms. The highest BCUT2D eigenvalue weighted by Crippen LogP contribution is 2.67. The van der Waals surface area contributed by atoms with Crippen LogP contribution in [0.5, 0.6) is 0 Å². The summed E-state index contributed by atoms with van der Waals surface area (Å²) in [7, 11) is 0. The van der Waals surface area contributed by atoms with E-state index in [4.69, 9.17) is 9.15 Å². The van der Waals surface area contributed by atoms with E-state index < -0.39 is 0 Å². The van der Waals surface area contributed by atoms with Gasteiger partial charge in [-0.2, -0.15) is 0 Å². The van der Waals surface area contributed by atoms with E-state index in [9.17, 15) is 4.79 Å². The highest BCUT2D eigenvalue weighted by molar-refractivity contribution is 5.69. The molecule has 0 aliphatic heterocycles. The fourth-order valence-electron chi connectivity index (χ4n) is 11.8. The first-order valence-electron chi connectivity index (χ1n) is 21.5. The van der Waals surface area contributed by atoms with Crippen LogP contribution in [-0.4, -0.2) is 12.1 Å². The van der Waals surface area contributed by atoms with Crippen molar-refractivity contribution >= 4 is 5.97 Å². The van der Waals surface area contributed by atoms with Gasteiger partial charge in [0.25, 0.3) is 0 Å². The lowest BCUT2D eigenvalue weighted by Gasteiger charge is -2.58. The second-order valence-corrected chi connectivity index (χ2v) is 18.5. The van der Waals surface area contributed by atoms with Gasteiger partial charge in [-0.25, -0.2) is 0 Å². The van der Waals surface area contributed by atoms with Gasteiger partial charge in [0, 0.05) is 25.7 Å². The third-order valence-electron chi connectivity index (χ3n) is 14.7. The maximum absolute atomic E-state index is 12.9. The van der Waals surface area contributed by atoms with Gasteiger partial charge in [-0.05, 0) is 129 Å². The predicted octanol–water partition coefficient (Wildman–Crippen LogP) is 13.5. The third-order valence-corrected chi connectivity index (χ3v) is 14.7. The number of carbonyl (C=O) groups is 1. The van der Waals surface area contributed by atoms with Crippen LogP contribution in [0.1, 0.15) is 193 Å². The van der Waals surface area contributed by atoms with Crippen LogP contribution in [0.15, 0.2) is 22.1 Å². The molecule has 0 amide bonds. The summed E-state index contributed by atoms with van der Waals surface area (Å²) in [5.74, 6) is 7.63. The van der Waals surface area contributed by atoms with Gasteiger partial charge in [-0.1, -0.05) is 111 Å². The monoisotopic (exact) mass is 677 g/mol. The minimum atomic E-state index is 0.0474. The molecule has 3 nitrogen and oxygen atoms in total. The number of hydrogen-bond acceptors (Lipinski definition) is 3. The van der Waals surface area contributed by atoms with Crippen molar-refractivity contribution in [1.82, 2.24) is 0 Å². The van der Waals surface area contributed by atoms with Gasteiger partial charge in [0.2, 0.25) is 0 Å². The van der Waals surface area contributed by atoms with Crippen molar-refractivity contribution in [2.24, 2.45) is 46.3 Å². The van der Waals surface area contributed by atoms with Crippen LogP contribution in [0.3, 0.4) is 0 Å². The number of unbranched alkanes of at least 4 members (excludes halogenated alkanes) is 7. The van der Waals surface area contributed by atoms with Crippen LogP contribution < -0.4 is 0 Å². The molecule has 8 unspecified atom stereocenters. The number of rotatable bonds is 19. The van der Waals surface area contributed by atoms with E-state index in [1.165, 1.54) is 108 Å². The molecule has 0 bridgehead atoms. The Balaban J connectivity index is 0.970. The third kappa shape index (κ3) is 9.49. The van der Waals surface area contributed by atoms with E-state index >= 15 is 0 Å². The minimum Gasteiger partial charge on any atom is -0.466 e. The Morgan fingerprint density at radius 2 is 1.61 bits per heavy atom. The largest absolute Gasteiger partial charge is 0.466 e. The smallest absolute Gasteiger partial charge is 0.306 e. The first kappa shape index (κ1) is 38.7. The van der Waals surface area contributed by atoms with Crippen molar-refractivity contribution in [2.45, 2.75) is 202 Å². The summed E-state index contributed by atoms with van der Waals surface area (Å²) in [6.45, 7) is 17.0. The van der Waals surface area contributed by atoms with Gasteiger partial charge >= 0.3 is 5.97 Å². The average molecular weight is 677 g/mol. The molecule has 0 saturated heterocycles. The molecule has 278 valence electrons. The Labute approximate surface area is 302 Å². The zero-order valence-electron chi connectivity index (χ0n) is 33.2. The number of allylic oxidation sites excluding steroid dienone is 1. The average Bonchev–Trinajstić information content (AvgIpc) is 3.60. The van der Waals surface area contributed by atoms with Crippen LogP contribution in [0.4, 0.5) is 0 Å². The zero-order chi connectivity index (χ0) is 35.0. The number of fused-ring (bicyclic) bond motifs is 5. The van der Waals surface area contributed by atoms with Crippen LogP contribution in [-0.2, 0) is 22.4 Å². The lowest BCUT2D eigenvalue weighted by atomic mass is 9.47. The fraction of sp³-hybridized carbons (Fsp3) is 0.848. The molecule has 1 heterocycles. The van der Waals surface area contributed by atoms with E-state index in [1.807, 2.05) is 0 Å². The number of ether oxygens (including phenoxy) is 1. The summed E-state index contributed by atoms with van der Waals surface area (Å²) in [6.07, 6.45) is 30.9. The standard InChI is InChI=1S/C46H76O3/c1-8-18-37-31-35(5)43(48-37)21-15-13-11-9-10-12-14-16-22-44(47)49-38-27-29-45(6)36(32-38)23-24-39-41-26-25-40(34(4)20-17-19-33(2)3)46(41,7)30-28-42(39)45/h23,31,33-34,38-42H,8-22,24-30,32H2,1-7H3. The normalized spacial score (nSPS) is 31.6. The Morgan fingerprint density at radius 3 is 2.35 bits per heavy atom. The van der Waals surface area contributed by atoms with Crippen molar-refractivity contribution in [3.8, 4) is 0 Å². The van der Waals surface area contributed by atoms with Gasteiger partial charge in [-0.3, -0.25) is 4.79 Å². The molecular weight excluding hydrogens is 601 g/mol. The summed E-state index contributed by atoms with van der Waals surface area (Å²) in [6, 6.07) is 2.23. The Hall–Kier alpha value is -1.51. The number of hydrogen-bond donors (Lipinski definition) is 0. The second-order valence-electron chi connectivity index (χ2n) is 18.5. The van der Waals surface area contributed by atoms with Crippen molar-refractivity contribution in [1.29, 1.82) is 0 Å². The molecule has 0 aromatic carbocycles. The van der Waals surface area contributed by atoms with Gasteiger partial charge in [0.1, 0.15) is 17.6 Å². The van der Waals surface area contributed by atoms with Crippen molar-refractivity contribution < 1.29 is 13.9 Å². The van der Waals surface area contributed by atoms with Gasteiger partial charge < -0.3 is 9.15 Å². The van der Waals surface area contributed by atoms with E-state index in [-0.39, 0.29) is 12.1 Å². The van der Waals surface area contributed by atoms with E-state index in [0.717, 1.165) is 86.2 Å². The Bertz CT molecular complexity index is 1210. The Kier molecular flexibility index (Phi) is 14.1. The molecule has 49 heavy (non-hydrogen) atoms. The van der Waals surface area contributed by atoms with E-state index in [2.05, 4.69) is 60.6 Å². The zero-order valence-corrected chi connectivity index (χ0v) is 33.2. The lowest BCUT2D eigenvalue weighted by molar-refractivity contribution is -0.151. The summed E-state index contributed by atoms with van der Waals surface area (Å²) in [5.41, 5.74) is 3.84. The topological polar surface area (TPSA) is 39.4 Å². The number of carbonyl (C=O) groups excluding carboxylic acids is 1. The number of esters is 1. The number of aryl methyl sites for hydroxylation is 3. The molecule has 4 aliphatic rings. The summed E-state index contributed by atoms with van der Waals surface area (Å²) >= 11 is 0. The first-order valence-corrected chi connectivity index (χ1v) is 21.5. The van der Waals surface area contributed by atoms with E-state index in [0.29, 0.717) is 17.3 Å². The van der Waals surface area contributed by atoms with Crippen molar-refractivity contribution in [3.63, 3.8) is 0 Å². The van der Waals surface area contributed by atoms with Crippen molar-refractivity contribution in [2.75, 3.05) is 0 Å². The molecule has 0 N–H and O–H groups in total. The first-order chi connectivity index (χ1) is 23.5. The minimum absolute atomic E-state index is 0.0474. The Morgan fingerprint density at radius 1 is 0.878 bits per heavy atom. The molecule has 0 spiro atoms. The fourth-order valence-corrected chi connectivity index (χ4v) is 11.8.